The van der Waals surface area contributed by atoms with Gasteiger partial charge in [-0.05, 0) is 74.9 Å². The van der Waals surface area contributed by atoms with E-state index in [1.165, 1.54) is 39.1 Å². The molecule has 2 N–H and O–H groups in total. The number of halogens is 1. The molecule has 30 heavy (non-hydrogen) atoms. The number of hydrogen-bond acceptors (Lipinski definition) is 2. The van der Waals surface area contributed by atoms with Crippen molar-refractivity contribution in [2.45, 2.75) is 52.5 Å². The first-order valence-electron chi connectivity index (χ1n) is 10.7. The Morgan fingerprint density at radius 3 is 2.10 bits per heavy atom. The monoisotopic (exact) mass is 421 g/mol. The molecule has 0 bridgehead atoms. The largest absolute Gasteiger partial charge is 0.396 e. The first kappa shape index (κ1) is 22.4. The zero-order valence-corrected chi connectivity index (χ0v) is 19.1. The van der Waals surface area contributed by atoms with Crippen LogP contribution in [0.3, 0.4) is 0 Å². The van der Waals surface area contributed by atoms with Crippen molar-refractivity contribution < 1.29 is 5.11 Å². The van der Waals surface area contributed by atoms with Crippen LogP contribution >= 0.6 is 11.6 Å². The van der Waals surface area contributed by atoms with Crippen LogP contribution in [-0.2, 0) is 0 Å². The normalized spacial score (nSPS) is 13.1. The molecule has 0 amide bonds. The summed E-state index contributed by atoms with van der Waals surface area (Å²) in [6, 6.07) is 21.4. The topological polar surface area (TPSA) is 32.3 Å². The van der Waals surface area contributed by atoms with Crippen LogP contribution in [0.15, 0.2) is 60.7 Å². The van der Waals surface area contributed by atoms with Crippen molar-refractivity contribution in [3.63, 3.8) is 0 Å². The lowest BCUT2D eigenvalue weighted by Crippen LogP contribution is -2.21. The van der Waals surface area contributed by atoms with Gasteiger partial charge >= 0.3 is 0 Å². The smallest absolute Gasteiger partial charge is 0.0582 e. The third-order valence-electron chi connectivity index (χ3n) is 5.75. The van der Waals surface area contributed by atoms with E-state index < -0.39 is 0 Å². The number of rotatable bonds is 8. The molecule has 3 heteroatoms. The van der Waals surface area contributed by atoms with Crippen LogP contribution in [0.1, 0.15) is 58.2 Å². The van der Waals surface area contributed by atoms with Gasteiger partial charge in [0, 0.05) is 23.2 Å². The average Bonchev–Trinajstić information content (AvgIpc) is 2.70. The molecular weight excluding hydrogens is 390 g/mol. The van der Waals surface area contributed by atoms with E-state index in [1.54, 1.807) is 0 Å². The second kappa shape index (κ2) is 10.1. The molecule has 3 rings (SSSR count). The number of hydrogen-bond donors (Lipinski definition) is 2. The quantitative estimate of drug-likeness (QED) is 0.400. The predicted octanol–water partition coefficient (Wildman–Crippen LogP) is 7.28. The Morgan fingerprint density at radius 2 is 1.50 bits per heavy atom. The molecule has 2 unspecified atom stereocenters. The Bertz CT molecular complexity index is 957. The highest BCUT2D eigenvalue weighted by molar-refractivity contribution is 6.30. The van der Waals surface area contributed by atoms with E-state index in [0.29, 0.717) is 0 Å². The highest BCUT2D eigenvalue weighted by atomic mass is 35.5. The predicted molar refractivity (Wildman–Crippen MR) is 129 cm³/mol. The fourth-order valence-corrected chi connectivity index (χ4v) is 4.51. The molecule has 0 spiro atoms. The van der Waals surface area contributed by atoms with Gasteiger partial charge in [-0.25, -0.2) is 0 Å². The summed E-state index contributed by atoms with van der Waals surface area (Å²) in [7, 11) is 0. The van der Waals surface area contributed by atoms with Gasteiger partial charge in [-0.1, -0.05) is 71.3 Å². The van der Waals surface area contributed by atoms with Crippen molar-refractivity contribution >= 4 is 17.3 Å². The van der Waals surface area contributed by atoms with E-state index in [9.17, 15) is 5.11 Å². The minimum absolute atomic E-state index is 0.0655. The summed E-state index contributed by atoms with van der Waals surface area (Å²) in [5.41, 5.74) is 8.69. The molecule has 158 valence electrons. The second-order valence-corrected chi connectivity index (χ2v) is 8.77. The van der Waals surface area contributed by atoms with Crippen LogP contribution in [0, 0.1) is 27.7 Å². The van der Waals surface area contributed by atoms with E-state index >= 15 is 0 Å². The van der Waals surface area contributed by atoms with Crippen LogP contribution in [0.2, 0.25) is 5.02 Å². The van der Waals surface area contributed by atoms with Crippen molar-refractivity contribution in [1.82, 2.24) is 0 Å². The Labute approximate surface area is 185 Å². The maximum atomic E-state index is 9.58. The van der Waals surface area contributed by atoms with Crippen molar-refractivity contribution in [2.24, 2.45) is 0 Å². The molecule has 0 aromatic heterocycles. The molecule has 2 nitrogen and oxygen atoms in total. The van der Waals surface area contributed by atoms with Crippen molar-refractivity contribution in [3.05, 3.63) is 99.1 Å². The first-order valence-corrected chi connectivity index (χ1v) is 11.0. The maximum Gasteiger partial charge on any atom is 0.0582 e. The summed E-state index contributed by atoms with van der Waals surface area (Å²) in [6.45, 7) is 8.79. The van der Waals surface area contributed by atoms with Gasteiger partial charge < -0.3 is 10.4 Å². The lowest BCUT2D eigenvalue weighted by atomic mass is 9.83. The van der Waals surface area contributed by atoms with Gasteiger partial charge in [0.25, 0.3) is 0 Å². The summed E-state index contributed by atoms with van der Waals surface area (Å²) in [5, 5.41) is 14.2. The molecule has 3 aromatic carbocycles. The summed E-state index contributed by atoms with van der Waals surface area (Å²) in [5.74, 6) is 0.221. The third-order valence-corrected chi connectivity index (χ3v) is 6.00. The highest BCUT2D eigenvalue weighted by Gasteiger charge is 2.26. The zero-order valence-electron chi connectivity index (χ0n) is 18.4. The standard InChI is InChI=1S/C27H32ClNO/c1-18-7-5-8-23(17-18)25(9-6-14-30)27(22-10-12-24(28)13-11-22)29-26-20(3)15-19(2)16-21(26)4/h5,7-8,10-13,15-17,25,27,29-30H,6,9,14H2,1-4H3. The summed E-state index contributed by atoms with van der Waals surface area (Å²) in [6.07, 6.45) is 1.65. The van der Waals surface area contributed by atoms with Crippen molar-refractivity contribution in [2.75, 3.05) is 11.9 Å². The Balaban J connectivity index is 2.10. The lowest BCUT2D eigenvalue weighted by molar-refractivity contribution is 0.277. The number of nitrogens with one attached hydrogen (secondary N) is 1. The maximum absolute atomic E-state index is 9.58. The third kappa shape index (κ3) is 5.44. The molecule has 0 saturated heterocycles. The molecule has 0 fully saturated rings. The number of anilines is 1. The van der Waals surface area contributed by atoms with Gasteiger partial charge in [-0.2, -0.15) is 0 Å². The van der Waals surface area contributed by atoms with Gasteiger partial charge in [-0.15, -0.1) is 0 Å². The summed E-state index contributed by atoms with van der Waals surface area (Å²) < 4.78 is 0. The fourth-order valence-electron chi connectivity index (χ4n) is 4.39. The summed E-state index contributed by atoms with van der Waals surface area (Å²) in [4.78, 5) is 0. The van der Waals surface area contributed by atoms with Crippen LogP contribution in [0.5, 0.6) is 0 Å². The van der Waals surface area contributed by atoms with Gasteiger partial charge in [0.1, 0.15) is 0 Å². The van der Waals surface area contributed by atoms with Gasteiger partial charge in [0.05, 0.1) is 6.04 Å². The number of aliphatic hydroxyl groups excluding tert-OH is 1. The van der Waals surface area contributed by atoms with E-state index in [0.717, 1.165) is 17.9 Å². The molecular formula is C27H32ClNO. The van der Waals surface area contributed by atoms with Crippen LogP contribution in [-0.4, -0.2) is 11.7 Å². The molecule has 0 aliphatic rings. The molecule has 0 aliphatic carbocycles. The molecule has 2 atom stereocenters. The van der Waals surface area contributed by atoms with Gasteiger partial charge in [-0.3, -0.25) is 0 Å². The first-order chi connectivity index (χ1) is 14.4. The Kier molecular flexibility index (Phi) is 7.58. The second-order valence-electron chi connectivity index (χ2n) is 8.33. The van der Waals surface area contributed by atoms with E-state index in [-0.39, 0.29) is 18.6 Å². The highest BCUT2D eigenvalue weighted by Crippen LogP contribution is 2.39. The molecule has 0 heterocycles. The van der Waals surface area contributed by atoms with Crippen molar-refractivity contribution in [3.8, 4) is 0 Å². The van der Waals surface area contributed by atoms with Gasteiger partial charge in [0.15, 0.2) is 0 Å². The van der Waals surface area contributed by atoms with Crippen LogP contribution < -0.4 is 5.32 Å². The van der Waals surface area contributed by atoms with E-state index in [4.69, 9.17) is 11.6 Å². The van der Waals surface area contributed by atoms with E-state index in [1.807, 2.05) is 12.1 Å². The minimum atomic E-state index is 0.0655. The Morgan fingerprint density at radius 1 is 0.833 bits per heavy atom. The van der Waals surface area contributed by atoms with Crippen LogP contribution in [0.4, 0.5) is 5.69 Å². The van der Waals surface area contributed by atoms with Crippen molar-refractivity contribution in [1.29, 1.82) is 0 Å². The molecule has 0 radical (unpaired) electrons. The molecule has 0 aliphatic heterocycles. The average molecular weight is 422 g/mol. The zero-order chi connectivity index (χ0) is 21.7. The molecule has 0 saturated carbocycles. The SMILES string of the molecule is Cc1cccc(C(CCCO)C(Nc2c(C)cc(C)cc2C)c2ccc(Cl)cc2)c1. The number of benzene rings is 3. The summed E-state index contributed by atoms with van der Waals surface area (Å²) >= 11 is 6.19. The van der Waals surface area contributed by atoms with Crippen LogP contribution in [0.25, 0.3) is 0 Å². The molecule has 3 aromatic rings. The fraction of sp³-hybridized carbons (Fsp3) is 0.333. The van der Waals surface area contributed by atoms with Gasteiger partial charge in [0.2, 0.25) is 0 Å². The Hall–Kier alpha value is -2.29. The number of aryl methyl sites for hydroxylation is 4. The lowest BCUT2D eigenvalue weighted by Gasteiger charge is -2.31. The minimum Gasteiger partial charge on any atom is -0.396 e. The number of aliphatic hydroxyl groups is 1. The van der Waals surface area contributed by atoms with E-state index in [2.05, 4.69) is 81.5 Å².